The lowest BCUT2D eigenvalue weighted by Gasteiger charge is -2.24. The van der Waals surface area contributed by atoms with E-state index in [0.717, 1.165) is 11.8 Å². The molecular weight excluding hydrogens is 254 g/mol. The van der Waals surface area contributed by atoms with Crippen LogP contribution in [0.2, 0.25) is 0 Å². The van der Waals surface area contributed by atoms with Crippen molar-refractivity contribution in [1.29, 1.82) is 0 Å². The Labute approximate surface area is 119 Å². The predicted molar refractivity (Wildman–Crippen MR) is 93.3 cm³/mol. The summed E-state index contributed by atoms with van der Waals surface area (Å²) in [5.74, 6) is 1.82. The molecule has 0 bridgehead atoms. The summed E-state index contributed by atoms with van der Waals surface area (Å²) in [5, 5.41) is 0. The van der Waals surface area contributed by atoms with Crippen molar-refractivity contribution in [2.45, 2.75) is 54.4 Å². The van der Waals surface area contributed by atoms with Crippen LogP contribution in [0, 0.1) is 11.8 Å². The van der Waals surface area contributed by atoms with Gasteiger partial charge in [0.05, 0.1) is 0 Å². The average molecular weight is 290 g/mol. The van der Waals surface area contributed by atoms with Crippen LogP contribution in [-0.2, 0) is 0 Å². The Balaban J connectivity index is 4.09. The van der Waals surface area contributed by atoms with E-state index >= 15 is 0 Å². The first-order valence-electron chi connectivity index (χ1n) is 7.94. The fourth-order valence-corrected chi connectivity index (χ4v) is 9.31. The van der Waals surface area contributed by atoms with Gasteiger partial charge in [-0.1, -0.05) is 54.4 Å². The highest BCUT2D eigenvalue weighted by Gasteiger charge is 2.14. The van der Waals surface area contributed by atoms with Crippen LogP contribution in [0.3, 0.4) is 0 Å². The van der Waals surface area contributed by atoms with Gasteiger partial charge in [0.15, 0.2) is 0 Å². The third kappa shape index (κ3) is 10.8. The smallest absolute Gasteiger partial charge is 0.0286 e. The van der Waals surface area contributed by atoms with Gasteiger partial charge in [-0.25, -0.2) is 0 Å². The molecule has 0 aromatic heterocycles. The molecule has 0 fully saturated rings. The fourth-order valence-electron chi connectivity index (χ4n) is 2.54. The zero-order chi connectivity index (χ0) is 14.0. The maximum absolute atomic E-state index is 2.40. The first-order valence-corrected chi connectivity index (χ1v) is 11.7. The molecule has 0 rings (SSSR count). The van der Waals surface area contributed by atoms with E-state index in [9.17, 15) is 0 Å². The third-order valence-corrected chi connectivity index (χ3v) is 9.78. The summed E-state index contributed by atoms with van der Waals surface area (Å²) in [6.45, 7) is 14.3. The Morgan fingerprint density at radius 3 is 1.17 bits per heavy atom. The van der Waals surface area contributed by atoms with Crippen LogP contribution < -0.4 is 0 Å². The minimum Gasteiger partial charge on any atom is -0.106 e. The molecule has 110 valence electrons. The molecule has 2 heteroatoms. The molecule has 0 spiro atoms. The van der Waals surface area contributed by atoms with Gasteiger partial charge in [0.1, 0.15) is 0 Å². The molecule has 0 aliphatic carbocycles. The Morgan fingerprint density at radius 2 is 0.944 bits per heavy atom. The van der Waals surface area contributed by atoms with Crippen molar-refractivity contribution >= 4 is 15.8 Å². The van der Waals surface area contributed by atoms with Crippen molar-refractivity contribution in [3.05, 3.63) is 0 Å². The van der Waals surface area contributed by atoms with Crippen molar-refractivity contribution in [2.75, 3.05) is 37.0 Å². The van der Waals surface area contributed by atoms with E-state index in [4.69, 9.17) is 0 Å². The van der Waals surface area contributed by atoms with Gasteiger partial charge in [-0.15, -0.1) is 15.8 Å². The van der Waals surface area contributed by atoms with Gasteiger partial charge in [0, 0.05) is 0 Å². The molecule has 0 aliphatic rings. The second-order valence-electron chi connectivity index (χ2n) is 6.39. The lowest BCUT2D eigenvalue weighted by molar-refractivity contribution is 0.740. The largest absolute Gasteiger partial charge is 0.106 e. The summed E-state index contributed by atoms with van der Waals surface area (Å²) in [4.78, 5) is 0. The van der Waals surface area contributed by atoms with Crippen LogP contribution in [0.1, 0.15) is 54.4 Å². The second kappa shape index (κ2) is 11.7. The maximum Gasteiger partial charge on any atom is -0.0286 e. The number of hydrogen-bond donors (Lipinski definition) is 0. The van der Waals surface area contributed by atoms with Gasteiger partial charge in [-0.2, -0.15) is 0 Å². The van der Waals surface area contributed by atoms with Crippen molar-refractivity contribution in [3.63, 3.8) is 0 Å². The Hall–Kier alpha value is 0.860. The lowest BCUT2D eigenvalue weighted by atomic mass is 10.3. The van der Waals surface area contributed by atoms with Crippen molar-refractivity contribution in [1.82, 2.24) is 0 Å². The Kier molecular flexibility index (Phi) is 12.2. The van der Waals surface area contributed by atoms with Gasteiger partial charge in [0.2, 0.25) is 0 Å². The molecule has 0 saturated heterocycles. The molecule has 2 unspecified atom stereocenters. The summed E-state index contributed by atoms with van der Waals surface area (Å²) in [6, 6.07) is 0. The molecule has 0 aromatic rings. The standard InChI is InChI=1S/C16H36P2/c1-7-9-17(13-15(3)4)11-12-18(10-8-2)14-16(5)6/h15-16H,7-14H2,1-6H3. The zero-order valence-electron chi connectivity index (χ0n) is 13.7. The topological polar surface area (TPSA) is 0 Å². The monoisotopic (exact) mass is 290 g/mol. The highest BCUT2D eigenvalue weighted by molar-refractivity contribution is 7.61. The first kappa shape index (κ1) is 18.9. The van der Waals surface area contributed by atoms with Gasteiger partial charge >= 0.3 is 0 Å². The van der Waals surface area contributed by atoms with Crippen LogP contribution >= 0.6 is 15.8 Å². The maximum atomic E-state index is 2.40. The van der Waals surface area contributed by atoms with E-state index in [0.29, 0.717) is 15.8 Å². The fraction of sp³-hybridized carbons (Fsp3) is 1.00. The number of rotatable bonds is 11. The van der Waals surface area contributed by atoms with Crippen molar-refractivity contribution in [3.8, 4) is 0 Å². The predicted octanol–water partition coefficient (Wildman–Crippen LogP) is 6.08. The van der Waals surface area contributed by atoms with Crippen LogP contribution in [0.25, 0.3) is 0 Å². The molecule has 0 nitrogen and oxygen atoms in total. The van der Waals surface area contributed by atoms with Gasteiger partial charge in [-0.05, 0) is 48.8 Å². The molecule has 0 radical (unpaired) electrons. The van der Waals surface area contributed by atoms with Gasteiger partial charge < -0.3 is 0 Å². The van der Waals surface area contributed by atoms with Crippen LogP contribution in [-0.4, -0.2) is 37.0 Å². The number of hydrogen-bond acceptors (Lipinski definition) is 0. The van der Waals surface area contributed by atoms with Crippen LogP contribution in [0.4, 0.5) is 0 Å². The third-order valence-electron chi connectivity index (χ3n) is 3.06. The first-order chi connectivity index (χ1) is 8.49. The highest BCUT2D eigenvalue weighted by Crippen LogP contribution is 2.45. The van der Waals surface area contributed by atoms with Crippen LogP contribution in [0.5, 0.6) is 0 Å². The lowest BCUT2D eigenvalue weighted by Crippen LogP contribution is -2.07. The van der Waals surface area contributed by atoms with Gasteiger partial charge in [-0.3, -0.25) is 0 Å². The second-order valence-corrected chi connectivity index (χ2v) is 11.6. The molecule has 18 heavy (non-hydrogen) atoms. The molecule has 2 atom stereocenters. The summed E-state index contributed by atoms with van der Waals surface area (Å²) in [5.41, 5.74) is 0. The normalized spacial score (nSPS) is 15.3. The SMILES string of the molecule is CCCP(CCP(CCC)CC(C)C)CC(C)C. The van der Waals surface area contributed by atoms with E-state index in [1.807, 2.05) is 0 Å². The van der Waals surface area contributed by atoms with Crippen LogP contribution in [0.15, 0.2) is 0 Å². The van der Waals surface area contributed by atoms with E-state index < -0.39 is 0 Å². The Bertz CT molecular complexity index is 158. The van der Waals surface area contributed by atoms with Crippen molar-refractivity contribution in [2.24, 2.45) is 11.8 Å². The summed E-state index contributed by atoms with van der Waals surface area (Å²) in [7, 11) is 0.696. The molecule has 0 N–H and O–H groups in total. The summed E-state index contributed by atoms with van der Waals surface area (Å²) >= 11 is 0. The average Bonchev–Trinajstić information content (AvgIpc) is 2.24. The van der Waals surface area contributed by atoms with Gasteiger partial charge in [0.25, 0.3) is 0 Å². The molecule has 0 saturated carbocycles. The molecule has 0 amide bonds. The summed E-state index contributed by atoms with van der Waals surface area (Å²) < 4.78 is 0. The van der Waals surface area contributed by atoms with E-state index in [1.165, 1.54) is 37.5 Å². The molecular formula is C16H36P2. The quantitative estimate of drug-likeness (QED) is 0.404. The molecule has 0 aliphatic heterocycles. The zero-order valence-corrected chi connectivity index (χ0v) is 15.5. The van der Waals surface area contributed by atoms with Crippen molar-refractivity contribution < 1.29 is 0 Å². The molecule has 0 heterocycles. The van der Waals surface area contributed by atoms with E-state index in [1.54, 1.807) is 12.3 Å². The minimum atomic E-state index is 0.348. The molecule has 0 aromatic carbocycles. The Morgan fingerprint density at radius 1 is 0.611 bits per heavy atom. The van der Waals surface area contributed by atoms with E-state index in [2.05, 4.69) is 41.5 Å². The minimum absolute atomic E-state index is 0.348. The highest BCUT2D eigenvalue weighted by atomic mass is 31.1. The van der Waals surface area contributed by atoms with E-state index in [-0.39, 0.29) is 0 Å². The summed E-state index contributed by atoms with van der Waals surface area (Å²) in [6.07, 6.45) is 12.0.